The van der Waals surface area contributed by atoms with Crippen molar-refractivity contribution < 1.29 is 22.7 Å². The van der Waals surface area contributed by atoms with Gasteiger partial charge in [0, 0.05) is 12.7 Å². The van der Waals surface area contributed by atoms with E-state index in [0.29, 0.717) is 30.9 Å². The number of halogens is 3. The molecule has 1 unspecified atom stereocenters. The molecular weight excluding hydrogens is 383 g/mol. The largest absolute Gasteiger partial charge is 0.417 e. The maximum Gasteiger partial charge on any atom is 0.417 e. The second-order valence-corrected chi connectivity index (χ2v) is 7.34. The van der Waals surface area contributed by atoms with Gasteiger partial charge in [0.25, 0.3) is 0 Å². The molecule has 148 valence electrons. The van der Waals surface area contributed by atoms with E-state index in [1.807, 2.05) is 24.3 Å². The van der Waals surface area contributed by atoms with Crippen LogP contribution in [0.3, 0.4) is 0 Å². The lowest BCUT2D eigenvalue weighted by Gasteiger charge is -2.38. The molecule has 0 N–H and O–H groups in total. The number of amides is 1. The van der Waals surface area contributed by atoms with E-state index in [0.717, 1.165) is 23.4 Å². The molecule has 1 spiro atoms. The molecule has 1 saturated heterocycles. The minimum Gasteiger partial charge on any atom is -0.365 e. The van der Waals surface area contributed by atoms with Crippen molar-refractivity contribution in [3.8, 4) is 0 Å². The lowest BCUT2D eigenvalue weighted by Crippen LogP contribution is -2.46. The first-order valence-corrected chi connectivity index (χ1v) is 9.22. The van der Waals surface area contributed by atoms with Crippen molar-refractivity contribution in [2.24, 2.45) is 0 Å². The van der Waals surface area contributed by atoms with Crippen molar-refractivity contribution in [2.45, 2.75) is 31.2 Å². The van der Waals surface area contributed by atoms with Crippen molar-refractivity contribution in [2.75, 3.05) is 11.4 Å². The van der Waals surface area contributed by atoms with Crippen LogP contribution in [-0.2, 0) is 27.9 Å². The minimum absolute atomic E-state index is 0.105. The zero-order chi connectivity index (χ0) is 20.2. The van der Waals surface area contributed by atoms with Gasteiger partial charge in [0.1, 0.15) is 11.4 Å². The average molecular weight is 399 g/mol. The molecule has 0 aliphatic carbocycles. The highest BCUT2D eigenvalue weighted by atomic mass is 19.4. The Balaban J connectivity index is 1.45. The summed E-state index contributed by atoms with van der Waals surface area (Å²) in [7, 11) is 0. The molecule has 1 amide bonds. The first-order chi connectivity index (χ1) is 13.9. The second-order valence-electron chi connectivity index (χ2n) is 7.34. The molecule has 2 aliphatic heterocycles. The number of nitrogens with zero attached hydrogens (tertiary/aromatic N) is 3. The molecule has 5 nitrogen and oxygen atoms in total. The lowest BCUT2D eigenvalue weighted by molar-refractivity contribution is -0.137. The molecule has 29 heavy (non-hydrogen) atoms. The van der Waals surface area contributed by atoms with Crippen LogP contribution in [0.2, 0.25) is 0 Å². The van der Waals surface area contributed by atoms with Crippen LogP contribution in [0, 0.1) is 0 Å². The molecule has 0 radical (unpaired) electrons. The predicted octanol–water partition coefficient (Wildman–Crippen LogP) is 4.20. The van der Waals surface area contributed by atoms with E-state index in [2.05, 4.69) is 9.97 Å². The van der Waals surface area contributed by atoms with E-state index in [4.69, 9.17) is 4.74 Å². The number of hydrogen-bond donors (Lipinski definition) is 0. The van der Waals surface area contributed by atoms with E-state index >= 15 is 0 Å². The van der Waals surface area contributed by atoms with Crippen molar-refractivity contribution in [3.63, 3.8) is 0 Å². The Labute approximate surface area is 164 Å². The number of anilines is 1. The Kier molecular flexibility index (Phi) is 3.89. The summed E-state index contributed by atoms with van der Waals surface area (Å²) in [5.41, 5.74) is 1.08. The van der Waals surface area contributed by atoms with Crippen LogP contribution >= 0.6 is 0 Å². The van der Waals surface area contributed by atoms with Crippen LogP contribution in [-0.4, -0.2) is 22.4 Å². The highest BCUT2D eigenvalue weighted by Crippen LogP contribution is 2.45. The monoisotopic (exact) mass is 399 g/mol. The number of benzene rings is 1. The standard InChI is InChI=1S/C21H16F3N3O2/c22-21(23,24)14-9-17-16(25-11-14)5-6-18(26-17)27-8-7-20(10-19(27)28)15-4-2-1-3-13(15)12-29-20/h1-6,9,11H,7-8,10,12H2. The third-order valence-corrected chi connectivity index (χ3v) is 5.62. The molecule has 0 saturated carbocycles. The lowest BCUT2D eigenvalue weighted by atomic mass is 9.83. The summed E-state index contributed by atoms with van der Waals surface area (Å²) >= 11 is 0. The quantitative estimate of drug-likeness (QED) is 0.616. The van der Waals surface area contributed by atoms with Gasteiger partial charge in [0.15, 0.2) is 0 Å². The Bertz CT molecular complexity index is 1130. The molecule has 0 bridgehead atoms. The van der Waals surface area contributed by atoms with Crippen molar-refractivity contribution in [3.05, 3.63) is 65.4 Å². The third-order valence-electron chi connectivity index (χ3n) is 5.62. The first kappa shape index (κ1) is 18.1. The number of carbonyl (C=O) groups excluding carboxylic acids is 1. The third kappa shape index (κ3) is 2.95. The molecule has 1 aromatic carbocycles. The number of carbonyl (C=O) groups is 1. The zero-order valence-corrected chi connectivity index (χ0v) is 15.2. The Hall–Kier alpha value is -3.00. The maximum atomic E-state index is 13.0. The fraction of sp³-hybridized carbons (Fsp3) is 0.286. The number of piperidine rings is 1. The number of alkyl halides is 3. The highest BCUT2D eigenvalue weighted by molar-refractivity contribution is 5.95. The highest BCUT2D eigenvalue weighted by Gasteiger charge is 2.46. The molecule has 2 aromatic heterocycles. The molecule has 8 heteroatoms. The zero-order valence-electron chi connectivity index (χ0n) is 15.2. The Morgan fingerprint density at radius 2 is 1.93 bits per heavy atom. The Morgan fingerprint density at radius 3 is 2.72 bits per heavy atom. The summed E-state index contributed by atoms with van der Waals surface area (Å²) in [6, 6.07) is 12.0. The van der Waals surface area contributed by atoms with Gasteiger partial charge in [0.05, 0.1) is 29.6 Å². The fourth-order valence-electron chi connectivity index (χ4n) is 4.13. The normalized spacial score (nSPS) is 21.8. The van der Waals surface area contributed by atoms with Gasteiger partial charge in [-0.25, -0.2) is 4.98 Å². The van der Waals surface area contributed by atoms with Crippen LogP contribution in [0.1, 0.15) is 29.5 Å². The van der Waals surface area contributed by atoms with Crippen molar-refractivity contribution >= 4 is 22.8 Å². The van der Waals surface area contributed by atoms with Crippen LogP contribution in [0.25, 0.3) is 11.0 Å². The number of rotatable bonds is 1. The van der Waals surface area contributed by atoms with Crippen LogP contribution < -0.4 is 4.90 Å². The van der Waals surface area contributed by atoms with E-state index in [1.54, 1.807) is 12.1 Å². The van der Waals surface area contributed by atoms with Crippen LogP contribution in [0.15, 0.2) is 48.7 Å². The fourth-order valence-corrected chi connectivity index (χ4v) is 4.13. The maximum absolute atomic E-state index is 13.0. The number of aromatic nitrogens is 2. The van der Waals surface area contributed by atoms with Gasteiger partial charge in [0.2, 0.25) is 5.91 Å². The first-order valence-electron chi connectivity index (χ1n) is 9.22. The van der Waals surface area contributed by atoms with Gasteiger partial charge >= 0.3 is 6.18 Å². The van der Waals surface area contributed by atoms with Crippen LogP contribution in [0.4, 0.5) is 19.0 Å². The molecule has 2 aliphatic rings. The van der Waals surface area contributed by atoms with E-state index < -0.39 is 17.3 Å². The molecular formula is C21H16F3N3O2. The molecule has 1 fully saturated rings. The van der Waals surface area contributed by atoms with E-state index in [1.165, 1.54) is 4.90 Å². The van der Waals surface area contributed by atoms with E-state index in [9.17, 15) is 18.0 Å². The number of ether oxygens (including phenoxy) is 1. The van der Waals surface area contributed by atoms with Crippen LogP contribution in [0.5, 0.6) is 0 Å². The average Bonchev–Trinajstić information content (AvgIpc) is 3.05. The summed E-state index contributed by atoms with van der Waals surface area (Å²) in [5.74, 6) is 0.157. The van der Waals surface area contributed by atoms with Gasteiger partial charge in [-0.1, -0.05) is 24.3 Å². The van der Waals surface area contributed by atoms with Gasteiger partial charge in [-0.3, -0.25) is 14.7 Å². The number of hydrogen-bond acceptors (Lipinski definition) is 4. The minimum atomic E-state index is -4.50. The molecule has 4 heterocycles. The molecule has 5 rings (SSSR count). The SMILES string of the molecule is O=C1CC2(CCN1c1ccc3ncc(C(F)(F)F)cc3n1)OCc1ccccc12. The predicted molar refractivity (Wildman–Crippen MR) is 99.0 cm³/mol. The summed E-state index contributed by atoms with van der Waals surface area (Å²) in [4.78, 5) is 22.6. The Morgan fingerprint density at radius 1 is 1.10 bits per heavy atom. The summed E-state index contributed by atoms with van der Waals surface area (Å²) in [6.45, 7) is 0.849. The van der Waals surface area contributed by atoms with Gasteiger partial charge < -0.3 is 4.74 Å². The molecule has 1 atom stereocenters. The van der Waals surface area contributed by atoms with Gasteiger partial charge in [-0.05, 0) is 35.7 Å². The van der Waals surface area contributed by atoms with Gasteiger partial charge in [-0.15, -0.1) is 0 Å². The number of pyridine rings is 2. The summed E-state index contributed by atoms with van der Waals surface area (Å²) < 4.78 is 45.0. The van der Waals surface area contributed by atoms with E-state index in [-0.39, 0.29) is 17.8 Å². The molecule has 3 aromatic rings. The second kappa shape index (κ2) is 6.25. The topological polar surface area (TPSA) is 55.3 Å². The summed E-state index contributed by atoms with van der Waals surface area (Å²) in [5, 5.41) is 0. The smallest absolute Gasteiger partial charge is 0.365 e. The number of fused-ring (bicyclic) bond motifs is 3. The van der Waals surface area contributed by atoms with Crippen molar-refractivity contribution in [1.29, 1.82) is 0 Å². The van der Waals surface area contributed by atoms with Crippen molar-refractivity contribution in [1.82, 2.24) is 9.97 Å². The summed E-state index contributed by atoms with van der Waals surface area (Å²) in [6.07, 6.45) is -2.95. The van der Waals surface area contributed by atoms with Gasteiger partial charge in [-0.2, -0.15) is 13.2 Å².